The van der Waals surface area contributed by atoms with Crippen LogP contribution in [0.1, 0.15) is 5.69 Å². The van der Waals surface area contributed by atoms with Crippen molar-refractivity contribution in [1.82, 2.24) is 9.97 Å². The van der Waals surface area contributed by atoms with Crippen LogP contribution in [-0.4, -0.2) is 17.1 Å². The van der Waals surface area contributed by atoms with Crippen molar-refractivity contribution in [3.63, 3.8) is 0 Å². The molecule has 0 unspecified atom stereocenters. The summed E-state index contributed by atoms with van der Waals surface area (Å²) in [6.07, 6.45) is -4.45. The predicted molar refractivity (Wildman–Crippen MR) is 73.2 cm³/mol. The molecule has 1 aromatic carbocycles. The van der Waals surface area contributed by atoms with Gasteiger partial charge in [0.25, 0.3) is 0 Å². The van der Waals surface area contributed by atoms with Crippen molar-refractivity contribution < 1.29 is 17.9 Å². The first-order chi connectivity index (χ1) is 9.97. The molecule has 0 aliphatic rings. The molecule has 0 fully saturated rings. The fraction of sp³-hybridized carbons (Fsp3) is 0.143. The third-order valence-corrected chi connectivity index (χ3v) is 3.69. The Bertz CT molecular complexity index is 798. The van der Waals surface area contributed by atoms with Gasteiger partial charge in [-0.3, -0.25) is 0 Å². The minimum atomic E-state index is -4.45. The third-order valence-electron chi connectivity index (χ3n) is 2.82. The van der Waals surface area contributed by atoms with E-state index in [-0.39, 0.29) is 5.01 Å². The number of thiazole rings is 1. The number of pyridine rings is 1. The first-order valence-corrected chi connectivity index (χ1v) is 6.75. The number of aromatic nitrogens is 2. The van der Waals surface area contributed by atoms with Gasteiger partial charge in [-0.15, -0.1) is 11.3 Å². The van der Waals surface area contributed by atoms with Crippen LogP contribution >= 0.6 is 11.3 Å². The minimum absolute atomic E-state index is 0.211. The molecular weight excluding hydrogens is 301 g/mol. The van der Waals surface area contributed by atoms with Crippen LogP contribution in [0.3, 0.4) is 0 Å². The Hall–Kier alpha value is -2.15. The second kappa shape index (κ2) is 5.00. The molecule has 3 aromatic rings. The second-order valence-corrected chi connectivity index (χ2v) is 5.06. The van der Waals surface area contributed by atoms with Crippen LogP contribution in [0.5, 0.6) is 5.75 Å². The third kappa shape index (κ3) is 2.69. The van der Waals surface area contributed by atoms with Gasteiger partial charge in [0.2, 0.25) is 0 Å². The highest BCUT2D eigenvalue weighted by Gasteiger charge is 2.33. The van der Waals surface area contributed by atoms with E-state index >= 15 is 0 Å². The smallest absolute Gasteiger partial charge is 0.434 e. The van der Waals surface area contributed by atoms with Gasteiger partial charge in [0.1, 0.15) is 16.5 Å². The Morgan fingerprint density at radius 1 is 1.24 bits per heavy atom. The molecule has 1 radical (unpaired) electrons. The van der Waals surface area contributed by atoms with Crippen LogP contribution in [0.15, 0.2) is 29.6 Å². The molecule has 0 bridgehead atoms. The van der Waals surface area contributed by atoms with Crippen LogP contribution in [-0.2, 0) is 6.18 Å². The molecule has 0 N–H and O–H groups in total. The van der Waals surface area contributed by atoms with Gasteiger partial charge >= 0.3 is 6.18 Å². The van der Waals surface area contributed by atoms with Crippen LogP contribution in [0.4, 0.5) is 13.2 Å². The lowest BCUT2D eigenvalue weighted by Gasteiger charge is -2.03. The maximum atomic E-state index is 12.6. The number of nitrogens with zero attached hydrogens (tertiary/aromatic N) is 2. The fourth-order valence-electron chi connectivity index (χ4n) is 1.79. The number of benzene rings is 1. The molecule has 0 atom stereocenters. The molecule has 2 aromatic heterocycles. The predicted octanol–water partition coefficient (Wildman–Crippen LogP) is 4.19. The number of rotatable bonds is 2. The normalized spacial score (nSPS) is 11.8. The number of alkyl halides is 3. The first kappa shape index (κ1) is 13.8. The average Bonchev–Trinajstić information content (AvgIpc) is 2.96. The van der Waals surface area contributed by atoms with Crippen LogP contribution in [0, 0.1) is 6.07 Å². The summed E-state index contributed by atoms with van der Waals surface area (Å²) >= 11 is 0.903. The van der Waals surface area contributed by atoms with Gasteiger partial charge in [0.05, 0.1) is 12.6 Å². The van der Waals surface area contributed by atoms with Gasteiger partial charge in [-0.25, -0.2) is 9.97 Å². The van der Waals surface area contributed by atoms with Crippen LogP contribution in [0.2, 0.25) is 0 Å². The summed E-state index contributed by atoms with van der Waals surface area (Å²) in [7, 11) is 1.53. The van der Waals surface area contributed by atoms with E-state index in [2.05, 4.69) is 16.0 Å². The zero-order valence-corrected chi connectivity index (χ0v) is 11.5. The molecule has 3 nitrogen and oxygen atoms in total. The molecule has 21 heavy (non-hydrogen) atoms. The molecule has 0 amide bonds. The molecule has 0 aliphatic heterocycles. The largest absolute Gasteiger partial charge is 0.497 e. The monoisotopic (exact) mass is 309 g/mol. The summed E-state index contributed by atoms with van der Waals surface area (Å²) in [5.41, 5.74) is 0.0434. The summed E-state index contributed by atoms with van der Waals surface area (Å²) in [5.74, 6) is 0.621. The summed E-state index contributed by atoms with van der Waals surface area (Å²) in [5, 5.41) is 1.95. The first-order valence-electron chi connectivity index (χ1n) is 5.87. The summed E-state index contributed by atoms with van der Waals surface area (Å²) < 4.78 is 42.8. The average molecular weight is 309 g/mol. The minimum Gasteiger partial charge on any atom is -0.497 e. The second-order valence-electron chi connectivity index (χ2n) is 4.20. The molecule has 0 spiro atoms. The van der Waals surface area contributed by atoms with Gasteiger partial charge in [-0.1, -0.05) is 0 Å². The molecule has 0 saturated heterocycles. The van der Waals surface area contributed by atoms with Crippen molar-refractivity contribution in [1.29, 1.82) is 0 Å². The lowest BCUT2D eigenvalue weighted by molar-refractivity contribution is -0.140. The van der Waals surface area contributed by atoms with Crippen molar-refractivity contribution in [2.24, 2.45) is 0 Å². The topological polar surface area (TPSA) is 35.0 Å². The van der Waals surface area contributed by atoms with E-state index in [1.165, 1.54) is 13.2 Å². The molecular formula is C14H8F3N2OS. The molecule has 0 saturated carbocycles. The molecule has 107 valence electrons. The molecule has 2 heterocycles. The number of methoxy groups -OCH3 is 1. The SMILES string of the molecule is COc1ccc2[c]cc(-c3nc(C(F)(F)F)cs3)nc2c1. The van der Waals surface area contributed by atoms with Crippen molar-refractivity contribution in [2.45, 2.75) is 6.18 Å². The Kier molecular flexibility index (Phi) is 3.29. The van der Waals surface area contributed by atoms with Crippen molar-refractivity contribution >= 4 is 22.2 Å². The Morgan fingerprint density at radius 2 is 2.05 bits per heavy atom. The van der Waals surface area contributed by atoms with E-state index in [1.54, 1.807) is 18.2 Å². The molecule has 7 heteroatoms. The maximum absolute atomic E-state index is 12.6. The van der Waals surface area contributed by atoms with Crippen LogP contribution < -0.4 is 4.74 Å². The molecule has 0 aliphatic carbocycles. The van der Waals surface area contributed by atoms with Gasteiger partial charge in [-0.05, 0) is 24.3 Å². The van der Waals surface area contributed by atoms with Gasteiger partial charge in [0.15, 0.2) is 5.69 Å². The number of hydrogen-bond donors (Lipinski definition) is 0. The number of fused-ring (bicyclic) bond motifs is 1. The van der Waals surface area contributed by atoms with Crippen LogP contribution in [0.25, 0.3) is 21.6 Å². The van der Waals surface area contributed by atoms with E-state index in [9.17, 15) is 13.2 Å². The lowest BCUT2D eigenvalue weighted by Crippen LogP contribution is -2.04. The zero-order chi connectivity index (χ0) is 15.0. The van der Waals surface area contributed by atoms with Crippen molar-refractivity contribution in [2.75, 3.05) is 7.11 Å². The van der Waals surface area contributed by atoms with Crippen molar-refractivity contribution in [3.05, 3.63) is 41.4 Å². The molecule has 3 rings (SSSR count). The summed E-state index contributed by atoms with van der Waals surface area (Å²) in [4.78, 5) is 7.90. The Labute approximate surface area is 122 Å². The highest BCUT2D eigenvalue weighted by Crippen LogP contribution is 2.33. The Morgan fingerprint density at radius 3 is 2.71 bits per heavy atom. The number of ether oxygens (including phenoxy) is 1. The van der Waals surface area contributed by atoms with Gasteiger partial charge in [0, 0.05) is 16.8 Å². The fourth-order valence-corrected chi connectivity index (χ4v) is 2.58. The van der Waals surface area contributed by atoms with Gasteiger partial charge in [-0.2, -0.15) is 13.2 Å². The number of halogens is 3. The van der Waals surface area contributed by atoms with E-state index < -0.39 is 11.9 Å². The van der Waals surface area contributed by atoms with Gasteiger partial charge < -0.3 is 4.74 Å². The summed E-state index contributed by atoms with van der Waals surface area (Å²) in [6, 6.07) is 9.78. The maximum Gasteiger partial charge on any atom is 0.434 e. The van der Waals surface area contributed by atoms with E-state index in [0.717, 1.165) is 22.1 Å². The van der Waals surface area contributed by atoms with Crippen molar-refractivity contribution in [3.8, 4) is 16.5 Å². The summed E-state index contributed by atoms with van der Waals surface area (Å²) in [6.45, 7) is 0. The quantitative estimate of drug-likeness (QED) is 0.712. The van der Waals surface area contributed by atoms with E-state index in [4.69, 9.17) is 4.74 Å². The highest BCUT2D eigenvalue weighted by molar-refractivity contribution is 7.13. The highest BCUT2D eigenvalue weighted by atomic mass is 32.1. The Balaban J connectivity index is 2.06. The zero-order valence-electron chi connectivity index (χ0n) is 10.7. The van der Waals surface area contributed by atoms with E-state index in [1.807, 2.05) is 0 Å². The lowest BCUT2D eigenvalue weighted by atomic mass is 10.2. The van der Waals surface area contributed by atoms with E-state index in [0.29, 0.717) is 17.0 Å². The number of hydrogen-bond acceptors (Lipinski definition) is 4. The standard InChI is InChI=1S/C14H8F3N2OS/c1-20-9-4-2-8-3-5-10(18-11(8)6-9)13-19-12(7-21-13)14(15,16)17/h2,4-7H,1H3.